The third-order valence-electron chi connectivity index (χ3n) is 1.95. The molecule has 82 valence electrons. The van der Waals surface area contributed by atoms with Crippen LogP contribution < -0.4 is 5.73 Å². The Bertz CT molecular complexity index is 412. The van der Waals surface area contributed by atoms with Crippen LogP contribution in [0.1, 0.15) is 11.1 Å². The molecule has 15 heavy (non-hydrogen) atoms. The molecule has 0 aromatic heterocycles. The fourth-order valence-corrected chi connectivity index (χ4v) is 2.03. The second kappa shape index (κ2) is 4.61. The van der Waals surface area contributed by atoms with Gasteiger partial charge in [0.05, 0.1) is 10.6 Å². The quantitative estimate of drug-likeness (QED) is 0.623. The van der Waals surface area contributed by atoms with E-state index in [1.165, 1.54) is 6.07 Å². The smallest absolute Gasteiger partial charge is 0.270 e. The van der Waals surface area contributed by atoms with E-state index in [2.05, 4.69) is 0 Å². The minimum atomic E-state index is -1.85. The summed E-state index contributed by atoms with van der Waals surface area (Å²) in [5.74, 6) is -0.638. The third kappa shape index (κ3) is 2.47. The first-order valence-corrected chi connectivity index (χ1v) is 5.35. The van der Waals surface area contributed by atoms with Crippen LogP contribution >= 0.6 is 11.8 Å². The molecular formula is C10H10F3NS. The van der Waals surface area contributed by atoms with Gasteiger partial charge in [-0.25, -0.2) is 4.39 Å². The summed E-state index contributed by atoms with van der Waals surface area (Å²) in [5.41, 5.74) is 6.10. The van der Waals surface area contributed by atoms with Gasteiger partial charge in [0.25, 0.3) is 6.08 Å². The number of hydrogen-bond acceptors (Lipinski definition) is 2. The zero-order chi connectivity index (χ0) is 11.6. The second-order valence-electron chi connectivity index (χ2n) is 2.98. The molecule has 0 fully saturated rings. The first-order chi connectivity index (χ1) is 6.97. The molecule has 0 saturated heterocycles. The van der Waals surface area contributed by atoms with Crippen LogP contribution in [0.2, 0.25) is 0 Å². The van der Waals surface area contributed by atoms with Gasteiger partial charge in [-0.1, -0.05) is 0 Å². The minimum absolute atomic E-state index is 0.0201. The van der Waals surface area contributed by atoms with E-state index in [-0.39, 0.29) is 16.1 Å². The van der Waals surface area contributed by atoms with Crippen LogP contribution in [0.3, 0.4) is 0 Å². The molecule has 0 spiro atoms. The highest BCUT2D eigenvalue weighted by Gasteiger charge is 2.13. The molecule has 0 aliphatic rings. The van der Waals surface area contributed by atoms with Crippen LogP contribution in [-0.4, -0.2) is 6.26 Å². The van der Waals surface area contributed by atoms with Crippen molar-refractivity contribution in [2.75, 3.05) is 12.0 Å². The lowest BCUT2D eigenvalue weighted by Crippen LogP contribution is -1.97. The van der Waals surface area contributed by atoms with E-state index >= 15 is 0 Å². The van der Waals surface area contributed by atoms with Crippen molar-refractivity contribution in [2.24, 2.45) is 0 Å². The average Bonchev–Trinajstić information content (AvgIpc) is 2.14. The molecule has 1 aromatic rings. The standard InChI is InChI=1S/C10H10F3NS/c1-5-3-7(14)9(13)10(15-2)6(5)4-8(11)12/h3-4H,14H2,1-2H3. The van der Waals surface area contributed by atoms with E-state index in [1.807, 2.05) is 0 Å². The van der Waals surface area contributed by atoms with Gasteiger partial charge in [-0.05, 0) is 30.4 Å². The number of hydrogen-bond donors (Lipinski definition) is 1. The van der Waals surface area contributed by atoms with Crippen molar-refractivity contribution in [1.82, 2.24) is 0 Å². The van der Waals surface area contributed by atoms with E-state index in [1.54, 1.807) is 13.2 Å². The number of nitrogen functional groups attached to an aromatic ring is 1. The summed E-state index contributed by atoms with van der Waals surface area (Å²) < 4.78 is 37.8. The fraction of sp³-hybridized carbons (Fsp3) is 0.200. The molecule has 1 nitrogen and oxygen atoms in total. The van der Waals surface area contributed by atoms with Gasteiger partial charge in [0, 0.05) is 6.08 Å². The van der Waals surface area contributed by atoms with Crippen molar-refractivity contribution < 1.29 is 13.2 Å². The lowest BCUT2D eigenvalue weighted by Gasteiger charge is -2.10. The van der Waals surface area contributed by atoms with Gasteiger partial charge in [0.2, 0.25) is 0 Å². The molecule has 0 saturated carbocycles. The topological polar surface area (TPSA) is 26.0 Å². The Labute approximate surface area is 90.2 Å². The highest BCUT2D eigenvalue weighted by Crippen LogP contribution is 2.32. The van der Waals surface area contributed by atoms with Crippen LogP contribution in [-0.2, 0) is 0 Å². The van der Waals surface area contributed by atoms with E-state index < -0.39 is 11.9 Å². The Balaban J connectivity index is 3.49. The molecule has 0 aliphatic carbocycles. The maximum Gasteiger partial charge on any atom is 0.270 e. The number of anilines is 1. The molecule has 0 amide bonds. The van der Waals surface area contributed by atoms with Gasteiger partial charge in [0.1, 0.15) is 0 Å². The third-order valence-corrected chi connectivity index (χ3v) is 2.76. The minimum Gasteiger partial charge on any atom is -0.396 e. The fourth-order valence-electron chi connectivity index (χ4n) is 1.29. The maximum atomic E-state index is 13.5. The van der Waals surface area contributed by atoms with E-state index in [9.17, 15) is 13.2 Å². The Hall–Kier alpha value is -1.10. The summed E-state index contributed by atoms with van der Waals surface area (Å²) in [4.78, 5) is 0.153. The van der Waals surface area contributed by atoms with Crippen molar-refractivity contribution in [3.63, 3.8) is 0 Å². The van der Waals surface area contributed by atoms with Gasteiger partial charge >= 0.3 is 0 Å². The molecule has 2 N–H and O–H groups in total. The monoisotopic (exact) mass is 233 g/mol. The molecule has 5 heteroatoms. The van der Waals surface area contributed by atoms with Crippen LogP contribution in [0.15, 0.2) is 17.0 Å². The zero-order valence-corrected chi connectivity index (χ0v) is 9.09. The summed E-state index contributed by atoms with van der Waals surface area (Å²) in [7, 11) is 0. The van der Waals surface area contributed by atoms with Crippen LogP contribution in [0.5, 0.6) is 0 Å². The SMILES string of the molecule is CSc1c(F)c(N)cc(C)c1C=C(F)F. The second-order valence-corrected chi connectivity index (χ2v) is 3.79. The summed E-state index contributed by atoms with van der Waals surface area (Å²) in [6.07, 6.45) is 0.423. The largest absolute Gasteiger partial charge is 0.396 e. The van der Waals surface area contributed by atoms with Crippen LogP contribution in [0.25, 0.3) is 6.08 Å². The molecule has 1 rings (SSSR count). The van der Waals surface area contributed by atoms with E-state index in [0.29, 0.717) is 11.6 Å². The predicted octanol–water partition coefficient (Wildman–Crippen LogP) is 3.68. The molecule has 0 unspecified atom stereocenters. The highest BCUT2D eigenvalue weighted by atomic mass is 32.2. The Morgan fingerprint density at radius 3 is 2.53 bits per heavy atom. The first-order valence-electron chi connectivity index (χ1n) is 4.12. The van der Waals surface area contributed by atoms with Crippen molar-refractivity contribution in [3.8, 4) is 0 Å². The Morgan fingerprint density at radius 1 is 1.47 bits per heavy atom. The van der Waals surface area contributed by atoms with Gasteiger partial charge in [-0.15, -0.1) is 11.8 Å². The molecule has 1 aromatic carbocycles. The lowest BCUT2D eigenvalue weighted by molar-refractivity contribution is 0.429. The Kier molecular flexibility index (Phi) is 3.68. The van der Waals surface area contributed by atoms with Crippen molar-refractivity contribution >= 4 is 23.5 Å². The molecule has 0 bridgehead atoms. The molecule has 0 atom stereocenters. The maximum absolute atomic E-state index is 13.5. The van der Waals surface area contributed by atoms with E-state index in [0.717, 1.165) is 11.8 Å². The van der Waals surface area contributed by atoms with Crippen molar-refractivity contribution in [2.45, 2.75) is 11.8 Å². The summed E-state index contributed by atoms with van der Waals surface area (Å²) >= 11 is 1.06. The van der Waals surface area contributed by atoms with Crippen LogP contribution in [0.4, 0.5) is 18.9 Å². The van der Waals surface area contributed by atoms with E-state index in [4.69, 9.17) is 5.73 Å². The number of halogens is 3. The summed E-state index contributed by atoms with van der Waals surface area (Å²) in [6, 6.07) is 1.35. The molecule has 0 heterocycles. The average molecular weight is 233 g/mol. The van der Waals surface area contributed by atoms with Gasteiger partial charge in [-0.2, -0.15) is 8.78 Å². The predicted molar refractivity (Wildman–Crippen MR) is 57.5 cm³/mol. The zero-order valence-electron chi connectivity index (χ0n) is 8.27. The Morgan fingerprint density at radius 2 is 2.07 bits per heavy atom. The highest BCUT2D eigenvalue weighted by molar-refractivity contribution is 7.98. The molecular weight excluding hydrogens is 223 g/mol. The number of thioether (sulfide) groups is 1. The van der Waals surface area contributed by atoms with Gasteiger partial charge < -0.3 is 5.73 Å². The number of rotatable bonds is 2. The lowest BCUT2D eigenvalue weighted by atomic mass is 10.1. The number of aryl methyl sites for hydroxylation is 1. The van der Waals surface area contributed by atoms with Crippen molar-refractivity contribution in [1.29, 1.82) is 0 Å². The number of nitrogens with two attached hydrogens (primary N) is 1. The van der Waals surface area contributed by atoms with Crippen molar-refractivity contribution in [3.05, 3.63) is 29.1 Å². The summed E-state index contributed by atoms with van der Waals surface area (Å²) in [6.45, 7) is 1.62. The van der Waals surface area contributed by atoms with Crippen LogP contribution in [0, 0.1) is 12.7 Å². The normalized spacial score (nSPS) is 10.2. The molecule has 0 radical (unpaired) electrons. The number of benzene rings is 1. The molecule has 0 aliphatic heterocycles. The van der Waals surface area contributed by atoms with Gasteiger partial charge in [-0.3, -0.25) is 0 Å². The summed E-state index contributed by atoms with van der Waals surface area (Å²) in [5, 5.41) is 0. The first kappa shape index (κ1) is 12.0. The van der Waals surface area contributed by atoms with Gasteiger partial charge in [0.15, 0.2) is 5.82 Å².